The Balaban J connectivity index is 1.99. The topological polar surface area (TPSA) is 113 Å². The molecule has 0 unspecified atom stereocenters. The van der Waals surface area contributed by atoms with Crippen molar-refractivity contribution in [1.82, 2.24) is 10.2 Å². The monoisotopic (exact) mass is 356 g/mol. The summed E-state index contributed by atoms with van der Waals surface area (Å²) in [5, 5.41) is 11.5. The Hall–Kier alpha value is -2.13. The highest BCUT2D eigenvalue weighted by atomic mass is 32.2. The number of rotatable bonds is 6. The van der Waals surface area contributed by atoms with Crippen molar-refractivity contribution >= 4 is 21.8 Å². The minimum absolute atomic E-state index is 0.273. The molecule has 1 atom stereocenters. The van der Waals surface area contributed by atoms with Gasteiger partial charge in [0.1, 0.15) is 6.04 Å². The SMILES string of the molecule is O=C(O)[C@H](CS(=O)(=O)Cc1ccccc1)NC(=O)N1CCOCC1. The van der Waals surface area contributed by atoms with Crippen LogP contribution in [0.1, 0.15) is 5.56 Å². The number of carbonyl (C=O) groups excluding carboxylic acids is 1. The summed E-state index contributed by atoms with van der Waals surface area (Å²) in [4.78, 5) is 24.8. The molecule has 8 nitrogen and oxygen atoms in total. The first-order valence-electron chi connectivity index (χ1n) is 7.48. The maximum Gasteiger partial charge on any atom is 0.327 e. The van der Waals surface area contributed by atoms with Gasteiger partial charge in [0.25, 0.3) is 0 Å². The van der Waals surface area contributed by atoms with Crippen LogP contribution in [-0.4, -0.2) is 68.5 Å². The van der Waals surface area contributed by atoms with E-state index in [0.717, 1.165) is 0 Å². The van der Waals surface area contributed by atoms with Crippen molar-refractivity contribution < 1.29 is 27.9 Å². The van der Waals surface area contributed by atoms with Crippen molar-refractivity contribution in [3.05, 3.63) is 35.9 Å². The number of morpholine rings is 1. The smallest absolute Gasteiger partial charge is 0.327 e. The molecule has 1 aliphatic rings. The number of aliphatic carboxylic acids is 1. The summed E-state index contributed by atoms with van der Waals surface area (Å²) < 4.78 is 29.6. The highest BCUT2D eigenvalue weighted by Gasteiger charge is 2.29. The lowest BCUT2D eigenvalue weighted by Crippen LogP contribution is -2.53. The van der Waals surface area contributed by atoms with Crippen LogP contribution in [0, 0.1) is 0 Å². The minimum Gasteiger partial charge on any atom is -0.480 e. The predicted molar refractivity (Wildman–Crippen MR) is 86.3 cm³/mol. The van der Waals surface area contributed by atoms with Gasteiger partial charge in [0, 0.05) is 13.1 Å². The van der Waals surface area contributed by atoms with Gasteiger partial charge in [0.15, 0.2) is 9.84 Å². The van der Waals surface area contributed by atoms with E-state index >= 15 is 0 Å². The number of ether oxygens (including phenoxy) is 1. The third kappa shape index (κ3) is 5.50. The molecule has 2 amide bonds. The van der Waals surface area contributed by atoms with Crippen LogP contribution in [0.3, 0.4) is 0 Å². The van der Waals surface area contributed by atoms with E-state index in [1.165, 1.54) is 4.90 Å². The predicted octanol–water partition coefficient (Wildman–Crippen LogP) is 0.0964. The molecule has 0 aliphatic carbocycles. The van der Waals surface area contributed by atoms with Crippen molar-refractivity contribution in [3.8, 4) is 0 Å². The largest absolute Gasteiger partial charge is 0.480 e. The van der Waals surface area contributed by atoms with Gasteiger partial charge in [-0.1, -0.05) is 30.3 Å². The molecule has 0 bridgehead atoms. The van der Waals surface area contributed by atoms with Crippen molar-refractivity contribution in [2.45, 2.75) is 11.8 Å². The Kier molecular flexibility index (Phi) is 6.16. The van der Waals surface area contributed by atoms with Gasteiger partial charge in [-0.2, -0.15) is 0 Å². The van der Waals surface area contributed by atoms with Crippen LogP contribution >= 0.6 is 0 Å². The summed E-state index contributed by atoms with van der Waals surface area (Å²) in [6.07, 6.45) is 0. The molecule has 2 rings (SSSR count). The van der Waals surface area contributed by atoms with Crippen molar-refractivity contribution in [2.24, 2.45) is 0 Å². The zero-order valence-corrected chi connectivity index (χ0v) is 13.9. The fourth-order valence-electron chi connectivity index (χ4n) is 2.32. The number of carbonyl (C=O) groups is 2. The number of urea groups is 1. The standard InChI is InChI=1S/C15H20N2O6S/c18-14(19)13(16-15(20)17-6-8-23-9-7-17)11-24(21,22)10-12-4-2-1-3-5-12/h1-5,13H,6-11H2,(H,16,20)(H,18,19)/t13-/m0/s1. The Morgan fingerprint density at radius 2 is 1.83 bits per heavy atom. The van der Waals surface area contributed by atoms with Gasteiger partial charge in [0.2, 0.25) is 0 Å². The van der Waals surface area contributed by atoms with Crippen molar-refractivity contribution in [3.63, 3.8) is 0 Å². The maximum absolute atomic E-state index is 12.2. The van der Waals surface area contributed by atoms with Crippen LogP contribution in [0.25, 0.3) is 0 Å². The van der Waals surface area contributed by atoms with Crippen molar-refractivity contribution in [2.75, 3.05) is 32.1 Å². The van der Waals surface area contributed by atoms with Crippen LogP contribution in [0.5, 0.6) is 0 Å². The van der Waals surface area contributed by atoms with Gasteiger partial charge in [-0.25, -0.2) is 18.0 Å². The van der Waals surface area contributed by atoms with E-state index in [9.17, 15) is 23.1 Å². The van der Waals surface area contributed by atoms with Gasteiger partial charge in [-0.3, -0.25) is 0 Å². The Morgan fingerprint density at radius 1 is 1.21 bits per heavy atom. The number of hydrogen-bond acceptors (Lipinski definition) is 5. The number of sulfone groups is 1. The number of carboxylic acids is 1. The van der Waals surface area contributed by atoms with E-state index in [1.54, 1.807) is 30.3 Å². The third-order valence-electron chi connectivity index (χ3n) is 3.54. The van der Waals surface area contributed by atoms with Crippen LogP contribution in [0.2, 0.25) is 0 Å². The van der Waals surface area contributed by atoms with Crippen LogP contribution in [0.15, 0.2) is 30.3 Å². The molecule has 24 heavy (non-hydrogen) atoms. The molecule has 1 aromatic carbocycles. The molecule has 9 heteroatoms. The van der Waals surface area contributed by atoms with Crippen LogP contribution in [0.4, 0.5) is 4.79 Å². The zero-order chi connectivity index (χ0) is 17.6. The van der Waals surface area contributed by atoms with Gasteiger partial charge < -0.3 is 20.1 Å². The van der Waals surface area contributed by atoms with E-state index < -0.39 is 33.6 Å². The first-order chi connectivity index (χ1) is 11.4. The lowest BCUT2D eigenvalue weighted by atomic mass is 10.2. The van der Waals surface area contributed by atoms with E-state index in [1.807, 2.05) is 0 Å². The lowest BCUT2D eigenvalue weighted by Gasteiger charge is -2.28. The Labute approximate surface area is 140 Å². The molecule has 1 aliphatic heterocycles. The molecular formula is C15H20N2O6S. The highest BCUT2D eigenvalue weighted by Crippen LogP contribution is 2.08. The summed E-state index contributed by atoms with van der Waals surface area (Å²) in [6, 6.07) is 6.40. The number of nitrogens with one attached hydrogen (secondary N) is 1. The van der Waals surface area contributed by atoms with Crippen molar-refractivity contribution in [1.29, 1.82) is 0 Å². The average Bonchev–Trinajstić information content (AvgIpc) is 2.55. The minimum atomic E-state index is -3.69. The second-order valence-corrected chi connectivity index (χ2v) is 7.59. The lowest BCUT2D eigenvalue weighted by molar-refractivity contribution is -0.138. The number of hydrogen-bond donors (Lipinski definition) is 2. The molecule has 1 saturated heterocycles. The summed E-state index contributed by atoms with van der Waals surface area (Å²) in [5.74, 6) is -2.31. The van der Waals surface area contributed by atoms with Gasteiger partial charge in [0.05, 0.1) is 24.7 Å². The number of nitrogens with zero attached hydrogens (tertiary/aromatic N) is 1. The highest BCUT2D eigenvalue weighted by molar-refractivity contribution is 7.90. The summed E-state index contributed by atoms with van der Waals surface area (Å²) in [7, 11) is -3.69. The Bertz CT molecular complexity index is 670. The molecule has 0 saturated carbocycles. The third-order valence-corrected chi connectivity index (χ3v) is 5.16. The van der Waals surface area contributed by atoms with E-state index in [4.69, 9.17) is 4.74 Å². The molecule has 0 spiro atoms. The zero-order valence-electron chi connectivity index (χ0n) is 13.1. The van der Waals surface area contributed by atoms with Crippen LogP contribution < -0.4 is 5.32 Å². The molecular weight excluding hydrogens is 336 g/mol. The first kappa shape index (κ1) is 18.2. The molecule has 132 valence electrons. The molecule has 1 heterocycles. The molecule has 1 fully saturated rings. The average molecular weight is 356 g/mol. The normalized spacial score (nSPS) is 16.4. The molecule has 0 aromatic heterocycles. The number of amides is 2. The Morgan fingerprint density at radius 3 is 2.42 bits per heavy atom. The number of benzene rings is 1. The molecule has 0 radical (unpaired) electrons. The summed E-state index contributed by atoms with van der Waals surface area (Å²) >= 11 is 0. The fraction of sp³-hybridized carbons (Fsp3) is 0.467. The summed E-state index contributed by atoms with van der Waals surface area (Å²) in [5.41, 5.74) is 0.571. The second-order valence-electron chi connectivity index (χ2n) is 5.48. The van der Waals surface area contributed by atoms with Gasteiger partial charge in [-0.05, 0) is 5.56 Å². The first-order valence-corrected chi connectivity index (χ1v) is 9.30. The van der Waals surface area contributed by atoms with E-state index in [2.05, 4.69) is 5.32 Å². The quantitative estimate of drug-likeness (QED) is 0.747. The summed E-state index contributed by atoms with van der Waals surface area (Å²) in [6.45, 7) is 1.43. The molecule has 1 aromatic rings. The van der Waals surface area contributed by atoms with Crippen LogP contribution in [-0.2, 0) is 25.1 Å². The van der Waals surface area contributed by atoms with Gasteiger partial charge >= 0.3 is 12.0 Å². The molecule has 2 N–H and O–H groups in total. The second kappa shape index (κ2) is 8.11. The van der Waals surface area contributed by atoms with Gasteiger partial charge in [-0.15, -0.1) is 0 Å². The van der Waals surface area contributed by atoms with E-state index in [-0.39, 0.29) is 5.75 Å². The fourth-order valence-corrected chi connectivity index (χ4v) is 3.87. The van der Waals surface area contributed by atoms with E-state index in [0.29, 0.717) is 31.9 Å². The maximum atomic E-state index is 12.2. The number of carboxylic acid groups (broad SMARTS) is 1.